The highest BCUT2D eigenvalue weighted by Gasteiger charge is 2.11. The number of nitrogens with zero attached hydrogens (tertiary/aromatic N) is 2. The molecular formula is C17H16N4O4S. The van der Waals surface area contributed by atoms with Crippen LogP contribution in [-0.2, 0) is 21.4 Å². The van der Waals surface area contributed by atoms with Crippen molar-refractivity contribution in [1.29, 1.82) is 0 Å². The van der Waals surface area contributed by atoms with E-state index in [-0.39, 0.29) is 12.2 Å². The number of anilines is 2. The quantitative estimate of drug-likeness (QED) is 0.656. The molecule has 0 saturated heterocycles. The minimum absolute atomic E-state index is 0.128. The molecule has 8 nitrogen and oxygen atoms in total. The summed E-state index contributed by atoms with van der Waals surface area (Å²) in [5.41, 5.74) is 7.19. The van der Waals surface area contributed by atoms with E-state index < -0.39 is 16.0 Å². The van der Waals surface area contributed by atoms with E-state index in [0.29, 0.717) is 22.8 Å². The van der Waals surface area contributed by atoms with Crippen LogP contribution >= 0.6 is 0 Å². The summed E-state index contributed by atoms with van der Waals surface area (Å²) in [6.45, 7) is -0.128. The lowest BCUT2D eigenvalue weighted by Gasteiger charge is -2.08. The van der Waals surface area contributed by atoms with Crippen molar-refractivity contribution in [2.24, 2.45) is 0 Å². The SMILES string of the molecule is CS(=O)(=O)Nc1ccc(C(=O)OCc2nc(N)c3ccccc3n2)cc1. The molecule has 0 saturated carbocycles. The molecule has 3 rings (SSSR count). The van der Waals surface area contributed by atoms with Gasteiger partial charge in [0.2, 0.25) is 10.0 Å². The van der Waals surface area contributed by atoms with E-state index in [1.54, 1.807) is 6.07 Å². The van der Waals surface area contributed by atoms with Crippen LogP contribution in [0.3, 0.4) is 0 Å². The van der Waals surface area contributed by atoms with Gasteiger partial charge >= 0.3 is 5.97 Å². The molecule has 1 heterocycles. The Morgan fingerprint density at radius 3 is 2.50 bits per heavy atom. The fraction of sp³-hybridized carbons (Fsp3) is 0.118. The molecule has 9 heteroatoms. The van der Waals surface area contributed by atoms with Crippen molar-refractivity contribution in [3.63, 3.8) is 0 Å². The van der Waals surface area contributed by atoms with Gasteiger partial charge in [0, 0.05) is 11.1 Å². The molecule has 0 amide bonds. The summed E-state index contributed by atoms with van der Waals surface area (Å²) < 4.78 is 29.9. The van der Waals surface area contributed by atoms with Gasteiger partial charge in [0.25, 0.3) is 0 Å². The van der Waals surface area contributed by atoms with Crippen molar-refractivity contribution in [2.75, 3.05) is 16.7 Å². The first-order chi connectivity index (χ1) is 12.3. The number of nitrogens with one attached hydrogen (secondary N) is 1. The van der Waals surface area contributed by atoms with Crippen LogP contribution in [0, 0.1) is 0 Å². The number of esters is 1. The van der Waals surface area contributed by atoms with E-state index in [0.717, 1.165) is 11.6 Å². The molecule has 134 valence electrons. The lowest BCUT2D eigenvalue weighted by Crippen LogP contribution is -2.11. The van der Waals surface area contributed by atoms with E-state index in [2.05, 4.69) is 14.7 Å². The van der Waals surface area contributed by atoms with Gasteiger partial charge in [-0.25, -0.2) is 23.2 Å². The highest BCUT2D eigenvalue weighted by atomic mass is 32.2. The highest BCUT2D eigenvalue weighted by Crippen LogP contribution is 2.18. The Balaban J connectivity index is 1.69. The lowest BCUT2D eigenvalue weighted by molar-refractivity contribution is 0.0463. The second-order valence-electron chi connectivity index (χ2n) is 5.57. The number of ether oxygens (including phenoxy) is 1. The average Bonchev–Trinajstić information content (AvgIpc) is 2.59. The van der Waals surface area contributed by atoms with Crippen LogP contribution in [0.25, 0.3) is 10.9 Å². The Morgan fingerprint density at radius 2 is 1.81 bits per heavy atom. The second kappa shape index (κ2) is 6.96. The third kappa shape index (κ3) is 4.25. The lowest BCUT2D eigenvalue weighted by atomic mass is 10.2. The minimum Gasteiger partial charge on any atom is -0.454 e. The summed E-state index contributed by atoms with van der Waals surface area (Å²) in [7, 11) is -3.37. The molecule has 1 aromatic heterocycles. The largest absolute Gasteiger partial charge is 0.454 e. The number of hydrogen-bond donors (Lipinski definition) is 2. The van der Waals surface area contributed by atoms with Crippen LogP contribution in [0.1, 0.15) is 16.2 Å². The molecule has 0 radical (unpaired) electrons. The van der Waals surface area contributed by atoms with Crippen molar-refractivity contribution >= 4 is 38.4 Å². The number of para-hydroxylation sites is 1. The van der Waals surface area contributed by atoms with E-state index in [1.165, 1.54) is 24.3 Å². The first-order valence-electron chi connectivity index (χ1n) is 7.58. The number of nitrogen functional groups attached to an aromatic ring is 1. The van der Waals surface area contributed by atoms with Crippen molar-refractivity contribution in [2.45, 2.75) is 6.61 Å². The van der Waals surface area contributed by atoms with E-state index in [1.807, 2.05) is 18.2 Å². The maximum Gasteiger partial charge on any atom is 0.338 e. The molecular weight excluding hydrogens is 356 g/mol. The molecule has 0 aliphatic carbocycles. The van der Waals surface area contributed by atoms with Gasteiger partial charge in [0.05, 0.1) is 17.3 Å². The summed E-state index contributed by atoms with van der Waals surface area (Å²) in [6.07, 6.45) is 1.05. The van der Waals surface area contributed by atoms with E-state index in [4.69, 9.17) is 10.5 Å². The predicted molar refractivity (Wildman–Crippen MR) is 98.0 cm³/mol. The fourth-order valence-electron chi connectivity index (χ4n) is 2.32. The summed E-state index contributed by atoms with van der Waals surface area (Å²) >= 11 is 0. The Bertz CT molecular complexity index is 1070. The molecule has 0 aliphatic heterocycles. The Hall–Kier alpha value is -3.20. The molecule has 0 spiro atoms. The monoisotopic (exact) mass is 372 g/mol. The van der Waals surface area contributed by atoms with Crippen LogP contribution in [0.15, 0.2) is 48.5 Å². The number of carbonyl (C=O) groups excluding carboxylic acids is 1. The number of nitrogens with two attached hydrogens (primary N) is 1. The molecule has 3 aromatic rings. The zero-order chi connectivity index (χ0) is 18.7. The number of aromatic nitrogens is 2. The van der Waals surface area contributed by atoms with Gasteiger partial charge in [-0.15, -0.1) is 0 Å². The molecule has 0 unspecified atom stereocenters. The number of rotatable bonds is 5. The third-order valence-corrected chi connectivity index (χ3v) is 4.04. The maximum atomic E-state index is 12.1. The van der Waals surface area contributed by atoms with Crippen LogP contribution in [0.4, 0.5) is 11.5 Å². The summed E-state index contributed by atoms with van der Waals surface area (Å²) in [6, 6.07) is 13.2. The standard InChI is InChI=1S/C17H16N4O4S/c1-26(23,24)21-12-8-6-11(7-9-12)17(22)25-10-15-19-14-5-3-2-4-13(14)16(18)20-15/h2-9,21H,10H2,1H3,(H2,18,19,20). The van der Waals surface area contributed by atoms with Gasteiger partial charge in [-0.2, -0.15) is 0 Å². The maximum absolute atomic E-state index is 12.1. The van der Waals surface area contributed by atoms with E-state index >= 15 is 0 Å². The minimum atomic E-state index is -3.37. The Kier molecular flexibility index (Phi) is 4.72. The molecule has 0 fully saturated rings. The fourth-order valence-corrected chi connectivity index (χ4v) is 2.88. The molecule has 0 bridgehead atoms. The number of fused-ring (bicyclic) bond motifs is 1. The van der Waals surface area contributed by atoms with Gasteiger partial charge in [-0.1, -0.05) is 12.1 Å². The molecule has 2 aromatic carbocycles. The van der Waals surface area contributed by atoms with Gasteiger partial charge < -0.3 is 10.5 Å². The zero-order valence-corrected chi connectivity index (χ0v) is 14.7. The normalized spacial score (nSPS) is 11.3. The van der Waals surface area contributed by atoms with Crippen molar-refractivity contribution < 1.29 is 17.9 Å². The summed E-state index contributed by atoms with van der Waals surface area (Å²) in [4.78, 5) is 20.6. The number of carbonyl (C=O) groups is 1. The van der Waals surface area contributed by atoms with Gasteiger partial charge in [0.15, 0.2) is 12.4 Å². The first kappa shape index (κ1) is 17.6. The van der Waals surface area contributed by atoms with Crippen LogP contribution < -0.4 is 10.5 Å². The van der Waals surface area contributed by atoms with Gasteiger partial charge in [-0.05, 0) is 36.4 Å². The van der Waals surface area contributed by atoms with E-state index in [9.17, 15) is 13.2 Å². The van der Waals surface area contributed by atoms with Crippen LogP contribution in [-0.4, -0.2) is 30.6 Å². The van der Waals surface area contributed by atoms with Crippen molar-refractivity contribution in [3.8, 4) is 0 Å². The van der Waals surface area contributed by atoms with Crippen LogP contribution in [0.2, 0.25) is 0 Å². The number of sulfonamides is 1. The molecule has 26 heavy (non-hydrogen) atoms. The summed E-state index contributed by atoms with van der Waals surface area (Å²) in [5.74, 6) is 0.0361. The number of benzene rings is 2. The third-order valence-electron chi connectivity index (χ3n) is 3.44. The average molecular weight is 372 g/mol. The zero-order valence-electron chi connectivity index (χ0n) is 13.8. The molecule has 0 atom stereocenters. The Morgan fingerprint density at radius 1 is 1.12 bits per heavy atom. The van der Waals surface area contributed by atoms with Crippen LogP contribution in [0.5, 0.6) is 0 Å². The number of hydrogen-bond acceptors (Lipinski definition) is 7. The van der Waals surface area contributed by atoms with Crippen molar-refractivity contribution in [1.82, 2.24) is 9.97 Å². The first-order valence-corrected chi connectivity index (χ1v) is 9.47. The Labute approximate surface area is 150 Å². The molecule has 3 N–H and O–H groups in total. The molecule has 0 aliphatic rings. The van der Waals surface area contributed by atoms with Gasteiger partial charge in [-0.3, -0.25) is 4.72 Å². The topological polar surface area (TPSA) is 124 Å². The predicted octanol–water partition coefficient (Wildman–Crippen LogP) is 1.94. The van der Waals surface area contributed by atoms with Crippen molar-refractivity contribution in [3.05, 3.63) is 59.9 Å². The summed E-state index contributed by atoms with van der Waals surface area (Å²) in [5, 5.41) is 0.733. The smallest absolute Gasteiger partial charge is 0.338 e. The highest BCUT2D eigenvalue weighted by molar-refractivity contribution is 7.92. The van der Waals surface area contributed by atoms with Gasteiger partial charge in [0.1, 0.15) is 5.82 Å². The second-order valence-corrected chi connectivity index (χ2v) is 7.32.